The van der Waals surface area contributed by atoms with Crippen LogP contribution in [-0.2, 0) is 4.79 Å². The Labute approximate surface area is 139 Å². The van der Waals surface area contributed by atoms with Crippen LogP contribution in [0.5, 0.6) is 0 Å². The summed E-state index contributed by atoms with van der Waals surface area (Å²) in [5.74, 6) is 0.191. The Morgan fingerprint density at radius 2 is 2.00 bits per heavy atom. The number of nitrogens with two attached hydrogens (primary N) is 1. The summed E-state index contributed by atoms with van der Waals surface area (Å²) in [6.07, 6.45) is 0. The number of nitriles is 1. The fraction of sp³-hybridized carbons (Fsp3) is 0.111. The van der Waals surface area contributed by atoms with Gasteiger partial charge in [-0.15, -0.1) is 0 Å². The number of carbonyl (C=O) groups excluding carboxylic acids is 1. The van der Waals surface area contributed by atoms with E-state index in [1.165, 1.54) is 6.92 Å². The van der Waals surface area contributed by atoms with Gasteiger partial charge >= 0.3 is 0 Å². The lowest BCUT2D eigenvalue weighted by atomic mass is 9.99. The standard InChI is InChI=1S/C18H15N5O/c1-11(24)22-15-4-2-3-14-17(21-10-16(20)23-18(14)15)13-7-5-12(9-19)6-8-13/h2-8H,10H2,1H3,(H2,20,23)(H,22,24). The Bertz CT molecular complexity index is 904. The topological polar surface area (TPSA) is 104 Å². The third-order valence-electron chi connectivity index (χ3n) is 3.54. The minimum atomic E-state index is -0.182. The third-order valence-corrected chi connectivity index (χ3v) is 3.54. The molecular formula is C18H15N5O. The molecule has 1 heterocycles. The normalized spacial score (nSPS) is 13.0. The second-order valence-corrected chi connectivity index (χ2v) is 5.34. The van der Waals surface area contributed by atoms with Gasteiger partial charge in [-0.05, 0) is 18.2 Å². The van der Waals surface area contributed by atoms with Crippen molar-refractivity contribution in [2.45, 2.75) is 6.92 Å². The lowest BCUT2D eigenvalue weighted by Crippen LogP contribution is -2.15. The highest BCUT2D eigenvalue weighted by Gasteiger charge is 2.18. The number of para-hydroxylation sites is 1. The predicted molar refractivity (Wildman–Crippen MR) is 93.7 cm³/mol. The van der Waals surface area contributed by atoms with E-state index in [0.717, 1.165) is 16.8 Å². The van der Waals surface area contributed by atoms with Crippen LogP contribution in [0, 0.1) is 11.3 Å². The van der Waals surface area contributed by atoms with Crippen LogP contribution in [0.15, 0.2) is 52.4 Å². The molecule has 1 aliphatic heterocycles. The van der Waals surface area contributed by atoms with Gasteiger partial charge in [-0.3, -0.25) is 9.79 Å². The number of anilines is 1. The van der Waals surface area contributed by atoms with Gasteiger partial charge in [0.1, 0.15) is 5.84 Å². The van der Waals surface area contributed by atoms with Crippen molar-refractivity contribution in [3.8, 4) is 6.07 Å². The van der Waals surface area contributed by atoms with Crippen molar-refractivity contribution >= 4 is 28.8 Å². The van der Waals surface area contributed by atoms with Gasteiger partial charge in [0.25, 0.3) is 0 Å². The molecule has 0 aromatic heterocycles. The number of aliphatic imine (C=N–C) groups is 2. The van der Waals surface area contributed by atoms with E-state index in [1.807, 2.05) is 24.3 Å². The van der Waals surface area contributed by atoms with E-state index in [2.05, 4.69) is 21.4 Å². The first kappa shape index (κ1) is 15.4. The molecule has 2 aromatic carbocycles. The molecule has 1 amide bonds. The largest absolute Gasteiger partial charge is 0.386 e. The highest BCUT2D eigenvalue weighted by atomic mass is 16.1. The molecule has 6 nitrogen and oxygen atoms in total. The maximum Gasteiger partial charge on any atom is 0.221 e. The monoisotopic (exact) mass is 317 g/mol. The van der Waals surface area contributed by atoms with E-state index in [0.29, 0.717) is 22.8 Å². The first-order valence-electron chi connectivity index (χ1n) is 7.37. The molecule has 0 saturated heterocycles. The average Bonchev–Trinajstić information content (AvgIpc) is 2.74. The second-order valence-electron chi connectivity index (χ2n) is 5.34. The number of carbonyl (C=O) groups is 1. The van der Waals surface area contributed by atoms with Crippen molar-refractivity contribution in [2.75, 3.05) is 11.9 Å². The van der Waals surface area contributed by atoms with Crippen LogP contribution in [0.4, 0.5) is 11.4 Å². The van der Waals surface area contributed by atoms with Crippen molar-refractivity contribution in [3.63, 3.8) is 0 Å². The summed E-state index contributed by atoms with van der Waals surface area (Å²) in [5, 5.41) is 11.7. The van der Waals surface area contributed by atoms with Gasteiger partial charge in [0.15, 0.2) is 0 Å². The van der Waals surface area contributed by atoms with Gasteiger partial charge in [0.05, 0.1) is 35.3 Å². The molecule has 0 fully saturated rings. The number of fused-ring (bicyclic) bond motifs is 1. The van der Waals surface area contributed by atoms with Crippen LogP contribution in [0.2, 0.25) is 0 Å². The fourth-order valence-corrected chi connectivity index (χ4v) is 2.52. The zero-order valence-corrected chi connectivity index (χ0v) is 13.1. The zero-order chi connectivity index (χ0) is 17.1. The fourth-order valence-electron chi connectivity index (χ4n) is 2.52. The Balaban J connectivity index is 2.15. The van der Waals surface area contributed by atoms with E-state index >= 15 is 0 Å². The summed E-state index contributed by atoms with van der Waals surface area (Å²) in [7, 11) is 0. The Morgan fingerprint density at radius 1 is 1.25 bits per heavy atom. The van der Waals surface area contributed by atoms with Gasteiger partial charge in [-0.2, -0.15) is 5.26 Å². The van der Waals surface area contributed by atoms with Gasteiger partial charge in [0, 0.05) is 18.1 Å². The maximum absolute atomic E-state index is 11.4. The lowest BCUT2D eigenvalue weighted by molar-refractivity contribution is -0.114. The number of hydrogen-bond donors (Lipinski definition) is 2. The van der Waals surface area contributed by atoms with Crippen molar-refractivity contribution in [1.29, 1.82) is 5.26 Å². The third kappa shape index (κ3) is 3.01. The molecule has 0 atom stereocenters. The molecule has 2 aromatic rings. The van der Waals surface area contributed by atoms with Gasteiger partial charge in [0.2, 0.25) is 5.91 Å². The quantitative estimate of drug-likeness (QED) is 0.888. The molecule has 1 aliphatic rings. The minimum Gasteiger partial charge on any atom is -0.386 e. The molecule has 6 heteroatoms. The Kier molecular flexibility index (Phi) is 4.08. The first-order valence-corrected chi connectivity index (χ1v) is 7.37. The molecule has 0 unspecified atom stereocenters. The van der Waals surface area contributed by atoms with Crippen molar-refractivity contribution in [1.82, 2.24) is 0 Å². The summed E-state index contributed by atoms with van der Waals surface area (Å²) in [6, 6.07) is 14.8. The van der Waals surface area contributed by atoms with E-state index < -0.39 is 0 Å². The predicted octanol–water partition coefficient (Wildman–Crippen LogP) is 2.36. The van der Waals surface area contributed by atoms with Crippen molar-refractivity contribution in [3.05, 3.63) is 59.2 Å². The molecule has 3 rings (SSSR count). The van der Waals surface area contributed by atoms with E-state index in [4.69, 9.17) is 11.0 Å². The van der Waals surface area contributed by atoms with E-state index in [-0.39, 0.29) is 12.5 Å². The molecule has 118 valence electrons. The van der Waals surface area contributed by atoms with Crippen LogP contribution in [0.1, 0.15) is 23.6 Å². The smallest absolute Gasteiger partial charge is 0.221 e. The molecular weight excluding hydrogens is 302 g/mol. The van der Waals surface area contributed by atoms with E-state index in [1.54, 1.807) is 18.2 Å². The van der Waals surface area contributed by atoms with Crippen molar-refractivity contribution < 1.29 is 4.79 Å². The highest BCUT2D eigenvalue weighted by molar-refractivity contribution is 6.19. The zero-order valence-electron chi connectivity index (χ0n) is 13.1. The number of nitrogens with zero attached hydrogens (tertiary/aromatic N) is 3. The Hall–Kier alpha value is -3.46. The molecule has 3 N–H and O–H groups in total. The van der Waals surface area contributed by atoms with Gasteiger partial charge in [-0.25, -0.2) is 4.99 Å². The van der Waals surface area contributed by atoms with Crippen LogP contribution >= 0.6 is 0 Å². The molecule has 0 spiro atoms. The number of nitrogens with one attached hydrogen (secondary N) is 1. The van der Waals surface area contributed by atoms with Gasteiger partial charge in [-0.1, -0.05) is 24.3 Å². The number of benzene rings is 2. The molecule has 24 heavy (non-hydrogen) atoms. The average molecular weight is 317 g/mol. The van der Waals surface area contributed by atoms with Crippen LogP contribution < -0.4 is 11.1 Å². The first-order chi connectivity index (χ1) is 11.6. The van der Waals surface area contributed by atoms with Crippen LogP contribution in [0.25, 0.3) is 0 Å². The van der Waals surface area contributed by atoms with Gasteiger partial charge < -0.3 is 11.1 Å². The number of rotatable bonds is 2. The van der Waals surface area contributed by atoms with E-state index in [9.17, 15) is 4.79 Å². The van der Waals surface area contributed by atoms with Crippen LogP contribution in [-0.4, -0.2) is 24.0 Å². The number of hydrogen-bond acceptors (Lipinski definition) is 5. The summed E-state index contributed by atoms with van der Waals surface area (Å²) < 4.78 is 0. The second kappa shape index (κ2) is 6.34. The van der Waals surface area contributed by atoms with Crippen molar-refractivity contribution in [2.24, 2.45) is 15.7 Å². The maximum atomic E-state index is 11.4. The number of amides is 1. The molecule has 0 aliphatic carbocycles. The highest BCUT2D eigenvalue weighted by Crippen LogP contribution is 2.33. The van der Waals surface area contributed by atoms with Crippen LogP contribution in [0.3, 0.4) is 0 Å². The SMILES string of the molecule is CC(=O)Nc1cccc2c1N=C(N)CN=C2c1ccc(C#N)cc1. The summed E-state index contributed by atoms with van der Waals surface area (Å²) >= 11 is 0. The summed E-state index contributed by atoms with van der Waals surface area (Å²) in [6.45, 7) is 1.71. The molecule has 0 saturated carbocycles. The minimum absolute atomic E-state index is 0.182. The number of amidine groups is 1. The lowest BCUT2D eigenvalue weighted by Gasteiger charge is -2.12. The summed E-state index contributed by atoms with van der Waals surface area (Å²) in [5.41, 5.74) is 10.1. The molecule has 0 radical (unpaired) electrons. The molecule has 0 bridgehead atoms. The summed E-state index contributed by atoms with van der Waals surface area (Å²) in [4.78, 5) is 20.4. The Morgan fingerprint density at radius 3 is 2.67 bits per heavy atom.